The summed E-state index contributed by atoms with van der Waals surface area (Å²) in [6.07, 6.45) is -4.66. The summed E-state index contributed by atoms with van der Waals surface area (Å²) >= 11 is 1.47. The first kappa shape index (κ1) is 19.0. The molecule has 0 fully saturated rings. The summed E-state index contributed by atoms with van der Waals surface area (Å²) < 4.78 is 46.0. The maximum Gasteiger partial charge on any atom is 0.573 e. The Morgan fingerprint density at radius 1 is 1.12 bits per heavy atom. The molecule has 0 atom stereocenters. The van der Waals surface area contributed by atoms with Crippen LogP contribution in [0.5, 0.6) is 11.5 Å². The Morgan fingerprint density at radius 2 is 1.80 bits per heavy atom. The van der Waals surface area contributed by atoms with E-state index in [9.17, 15) is 18.0 Å². The zero-order chi connectivity index (χ0) is 18.3. The van der Waals surface area contributed by atoms with Crippen LogP contribution in [0.15, 0.2) is 53.4 Å². The summed E-state index contributed by atoms with van der Waals surface area (Å²) in [4.78, 5) is 12.9. The molecule has 134 valence electrons. The number of carbonyl (C=O) groups is 1. The van der Waals surface area contributed by atoms with Gasteiger partial charge < -0.3 is 14.8 Å². The van der Waals surface area contributed by atoms with Crippen molar-refractivity contribution in [2.75, 3.05) is 18.2 Å². The average Bonchev–Trinajstić information content (AvgIpc) is 2.56. The molecule has 0 bridgehead atoms. The quantitative estimate of drug-likeness (QED) is 0.716. The van der Waals surface area contributed by atoms with E-state index < -0.39 is 12.1 Å². The van der Waals surface area contributed by atoms with E-state index in [-0.39, 0.29) is 18.0 Å². The summed E-state index contributed by atoms with van der Waals surface area (Å²) in [5.74, 6) is 0.397. The van der Waals surface area contributed by atoms with E-state index in [4.69, 9.17) is 4.74 Å². The average molecular weight is 371 g/mol. The Hall–Kier alpha value is -2.35. The Morgan fingerprint density at radius 3 is 2.44 bits per heavy atom. The lowest BCUT2D eigenvalue weighted by Gasteiger charge is -2.13. The molecule has 8 heteroatoms. The van der Waals surface area contributed by atoms with Gasteiger partial charge in [-0.3, -0.25) is 4.79 Å². The molecular weight excluding hydrogens is 355 g/mol. The molecule has 1 N–H and O–H groups in total. The molecule has 2 aromatic carbocycles. The van der Waals surface area contributed by atoms with E-state index in [1.54, 1.807) is 7.11 Å². The van der Waals surface area contributed by atoms with Crippen molar-refractivity contribution < 1.29 is 27.4 Å². The van der Waals surface area contributed by atoms with Gasteiger partial charge in [0.15, 0.2) is 5.75 Å². The number of amides is 1. The molecule has 0 aliphatic rings. The molecule has 4 nitrogen and oxygen atoms in total. The number of hydrogen-bond acceptors (Lipinski definition) is 4. The second kappa shape index (κ2) is 8.66. The first-order chi connectivity index (χ1) is 11.9. The third kappa shape index (κ3) is 6.58. The molecule has 2 rings (SSSR count). The van der Waals surface area contributed by atoms with Crippen LogP contribution in [0.1, 0.15) is 6.42 Å². The van der Waals surface area contributed by atoms with Crippen molar-refractivity contribution in [3.63, 3.8) is 0 Å². The lowest BCUT2D eigenvalue weighted by Crippen LogP contribution is -2.19. The highest BCUT2D eigenvalue weighted by molar-refractivity contribution is 7.99. The molecular formula is C17H16F3NO3S. The minimum Gasteiger partial charge on any atom is -0.497 e. The Labute approximate surface area is 147 Å². The van der Waals surface area contributed by atoms with Crippen molar-refractivity contribution in [2.24, 2.45) is 0 Å². The van der Waals surface area contributed by atoms with Crippen molar-refractivity contribution in [2.45, 2.75) is 17.7 Å². The Bertz CT molecular complexity index is 705. The fraction of sp³-hybridized carbons (Fsp3) is 0.235. The van der Waals surface area contributed by atoms with E-state index in [2.05, 4.69) is 10.1 Å². The molecule has 2 aromatic rings. The number of para-hydroxylation sites is 2. The summed E-state index contributed by atoms with van der Waals surface area (Å²) in [5.41, 5.74) is -0.0146. The van der Waals surface area contributed by atoms with Gasteiger partial charge in [0.1, 0.15) is 5.75 Å². The zero-order valence-corrected chi connectivity index (χ0v) is 14.1. The largest absolute Gasteiger partial charge is 0.573 e. The van der Waals surface area contributed by atoms with Gasteiger partial charge in [0.2, 0.25) is 5.91 Å². The van der Waals surface area contributed by atoms with Gasteiger partial charge in [-0.25, -0.2) is 0 Å². The lowest BCUT2D eigenvalue weighted by atomic mass is 10.3. The number of rotatable bonds is 7. The van der Waals surface area contributed by atoms with Crippen LogP contribution in [0, 0.1) is 0 Å². The number of ether oxygens (including phenoxy) is 2. The maximum absolute atomic E-state index is 12.4. The predicted molar refractivity (Wildman–Crippen MR) is 90.1 cm³/mol. The topological polar surface area (TPSA) is 47.6 Å². The van der Waals surface area contributed by atoms with Crippen LogP contribution >= 0.6 is 11.8 Å². The van der Waals surface area contributed by atoms with E-state index >= 15 is 0 Å². The molecule has 0 aliphatic heterocycles. The molecule has 25 heavy (non-hydrogen) atoms. The summed E-state index contributed by atoms with van der Waals surface area (Å²) in [5, 5.41) is 2.44. The lowest BCUT2D eigenvalue weighted by molar-refractivity contribution is -0.274. The van der Waals surface area contributed by atoms with Gasteiger partial charge in [-0.15, -0.1) is 24.9 Å². The summed E-state index contributed by atoms with van der Waals surface area (Å²) in [7, 11) is 1.58. The van der Waals surface area contributed by atoms with Crippen LogP contribution in [-0.2, 0) is 4.79 Å². The predicted octanol–water partition coefficient (Wildman–Crippen LogP) is 4.71. The smallest absolute Gasteiger partial charge is 0.497 e. The number of hydrogen-bond donors (Lipinski definition) is 1. The van der Waals surface area contributed by atoms with Gasteiger partial charge >= 0.3 is 6.36 Å². The van der Waals surface area contributed by atoms with Gasteiger partial charge in [0, 0.05) is 17.1 Å². The summed E-state index contributed by atoms with van der Waals surface area (Å²) in [6, 6.07) is 12.8. The van der Waals surface area contributed by atoms with Crippen LogP contribution in [0.3, 0.4) is 0 Å². The monoisotopic (exact) mass is 371 g/mol. The maximum atomic E-state index is 12.4. The fourth-order valence-electron chi connectivity index (χ4n) is 1.93. The number of carbonyl (C=O) groups excluding carboxylic acids is 1. The van der Waals surface area contributed by atoms with Crippen molar-refractivity contribution >= 4 is 23.4 Å². The molecule has 0 aliphatic carbocycles. The fourth-order valence-corrected chi connectivity index (χ4v) is 2.78. The number of methoxy groups -OCH3 is 1. The van der Waals surface area contributed by atoms with Gasteiger partial charge in [-0.2, -0.15) is 0 Å². The van der Waals surface area contributed by atoms with E-state index in [1.165, 1.54) is 30.0 Å². The van der Waals surface area contributed by atoms with Crippen LogP contribution in [0.25, 0.3) is 0 Å². The Kier molecular flexibility index (Phi) is 6.58. The SMILES string of the molecule is COc1ccc(SCCC(=O)Nc2ccccc2OC(F)(F)F)cc1. The molecule has 0 spiro atoms. The molecule has 0 radical (unpaired) electrons. The normalized spacial score (nSPS) is 11.0. The van der Waals surface area contributed by atoms with Gasteiger partial charge in [-0.05, 0) is 36.4 Å². The minimum atomic E-state index is -4.81. The van der Waals surface area contributed by atoms with Gasteiger partial charge in [0.25, 0.3) is 0 Å². The van der Waals surface area contributed by atoms with E-state index in [0.29, 0.717) is 5.75 Å². The van der Waals surface area contributed by atoms with Crippen molar-refractivity contribution in [3.05, 3.63) is 48.5 Å². The third-order valence-electron chi connectivity index (χ3n) is 3.04. The zero-order valence-electron chi connectivity index (χ0n) is 13.3. The number of nitrogens with one attached hydrogen (secondary N) is 1. The molecule has 1 amide bonds. The molecule has 0 unspecified atom stereocenters. The minimum absolute atomic E-state index is 0.0146. The van der Waals surface area contributed by atoms with Gasteiger partial charge in [-0.1, -0.05) is 12.1 Å². The highest BCUT2D eigenvalue weighted by Crippen LogP contribution is 2.30. The van der Waals surface area contributed by atoms with Crippen LogP contribution in [0.2, 0.25) is 0 Å². The molecule has 0 aromatic heterocycles. The highest BCUT2D eigenvalue weighted by Gasteiger charge is 2.32. The number of benzene rings is 2. The first-order valence-corrected chi connectivity index (χ1v) is 8.27. The highest BCUT2D eigenvalue weighted by atomic mass is 32.2. The number of halogens is 3. The molecule has 0 heterocycles. The standard InChI is InChI=1S/C17H16F3NO3S/c1-23-12-6-8-13(9-7-12)25-11-10-16(22)21-14-4-2-3-5-15(14)24-17(18,19)20/h2-9H,10-11H2,1H3,(H,21,22). The van der Waals surface area contributed by atoms with Crippen molar-refractivity contribution in [1.29, 1.82) is 0 Å². The van der Waals surface area contributed by atoms with E-state index in [1.807, 2.05) is 24.3 Å². The van der Waals surface area contributed by atoms with Crippen LogP contribution in [0.4, 0.5) is 18.9 Å². The second-order valence-corrected chi connectivity index (χ2v) is 6.03. The van der Waals surface area contributed by atoms with Gasteiger partial charge in [0.05, 0.1) is 12.8 Å². The van der Waals surface area contributed by atoms with Crippen molar-refractivity contribution in [1.82, 2.24) is 0 Å². The Balaban J connectivity index is 1.86. The number of anilines is 1. The van der Waals surface area contributed by atoms with Crippen LogP contribution in [-0.4, -0.2) is 25.1 Å². The van der Waals surface area contributed by atoms with E-state index in [0.717, 1.165) is 16.7 Å². The number of thioether (sulfide) groups is 1. The first-order valence-electron chi connectivity index (χ1n) is 7.29. The second-order valence-electron chi connectivity index (χ2n) is 4.87. The number of alkyl halides is 3. The molecule has 0 saturated carbocycles. The summed E-state index contributed by atoms with van der Waals surface area (Å²) in [6.45, 7) is 0. The molecule has 0 saturated heterocycles. The van der Waals surface area contributed by atoms with Crippen LogP contribution < -0.4 is 14.8 Å². The third-order valence-corrected chi connectivity index (χ3v) is 4.06. The van der Waals surface area contributed by atoms with Crippen molar-refractivity contribution in [3.8, 4) is 11.5 Å².